The summed E-state index contributed by atoms with van der Waals surface area (Å²) in [6.45, 7) is 4.76. The van der Waals surface area contributed by atoms with Gasteiger partial charge in [-0.15, -0.1) is 0 Å². The van der Waals surface area contributed by atoms with Crippen LogP contribution in [0.5, 0.6) is 0 Å². The molecule has 0 saturated carbocycles. The van der Waals surface area contributed by atoms with Crippen molar-refractivity contribution in [3.8, 4) is 44.8 Å². The van der Waals surface area contributed by atoms with Crippen molar-refractivity contribution in [2.24, 2.45) is 0 Å². The minimum Gasteiger partial charge on any atom is -0.456 e. The fourth-order valence-corrected chi connectivity index (χ4v) is 16.5. The van der Waals surface area contributed by atoms with Crippen LogP contribution in [-0.4, -0.2) is 9.13 Å². The molecule has 0 spiro atoms. The number of aromatic nitrogens is 2. The van der Waals surface area contributed by atoms with Gasteiger partial charge in [-0.2, -0.15) is 0 Å². The lowest BCUT2D eigenvalue weighted by atomic mass is 9.81. The molecule has 0 amide bonds. The maximum Gasteiger partial charge on any atom is 0.137 e. The third-order valence-corrected chi connectivity index (χ3v) is 20.2. The number of hydrogen-bond acceptors (Lipinski definition) is 4. The topological polar surface area (TPSA) is 52.5 Å². The van der Waals surface area contributed by atoms with Crippen molar-refractivity contribution in [2.45, 2.75) is 19.3 Å². The number of hydrogen-bond donors (Lipinski definition) is 0. The molecule has 5 heterocycles. The maximum atomic E-state index is 6.50. The molecule has 414 valence electrons. The fraction of sp³-hybridized carbons (Fsp3) is 0.0361. The van der Waals surface area contributed by atoms with Crippen LogP contribution in [0.25, 0.3) is 176 Å². The van der Waals surface area contributed by atoms with E-state index in [1.165, 1.54) is 126 Å². The van der Waals surface area contributed by atoms with Crippen molar-refractivity contribution < 1.29 is 13.3 Å². The predicted molar refractivity (Wildman–Crippen MR) is 369 cm³/mol. The normalized spacial score (nSPS) is 13.4. The van der Waals surface area contributed by atoms with E-state index in [0.717, 1.165) is 77.8 Å². The second-order valence-electron chi connectivity index (χ2n) is 25.0. The van der Waals surface area contributed by atoms with Gasteiger partial charge in [0.1, 0.15) is 33.5 Å². The molecule has 5 aromatic heterocycles. The summed E-state index contributed by atoms with van der Waals surface area (Å²) in [7, 11) is 0. The van der Waals surface area contributed by atoms with Crippen molar-refractivity contribution in [1.29, 1.82) is 0 Å². The van der Waals surface area contributed by atoms with Crippen LogP contribution < -0.4 is 4.90 Å². The molecule has 0 bridgehead atoms. The Morgan fingerprint density at radius 3 is 1.57 bits per heavy atom. The Bertz CT molecular complexity index is 6400. The van der Waals surface area contributed by atoms with Crippen LogP contribution in [-0.2, 0) is 5.41 Å². The molecule has 0 N–H and O–H groups in total. The summed E-state index contributed by atoms with van der Waals surface area (Å²) in [6.07, 6.45) is 0. The fourth-order valence-electron chi connectivity index (χ4n) is 16.5. The number of benzene rings is 14. The predicted octanol–water partition coefficient (Wildman–Crippen LogP) is 23.3. The lowest BCUT2D eigenvalue weighted by Crippen LogP contribution is -2.14. The molecule has 0 atom stereocenters. The molecule has 3 aliphatic carbocycles. The first-order valence-corrected chi connectivity index (χ1v) is 30.7. The highest BCUT2D eigenvalue weighted by Gasteiger charge is 2.40. The molecule has 19 aromatic rings. The first-order valence-electron chi connectivity index (χ1n) is 30.7. The molecule has 14 aromatic carbocycles. The summed E-state index contributed by atoms with van der Waals surface area (Å²) in [5, 5.41) is 17.3. The van der Waals surface area contributed by atoms with Crippen molar-refractivity contribution in [3.63, 3.8) is 0 Å². The minimum atomic E-state index is 0.00439. The summed E-state index contributed by atoms with van der Waals surface area (Å²) in [5.74, 6) is 0. The molecular formula is C83H49N3O3. The van der Waals surface area contributed by atoms with E-state index in [1.54, 1.807) is 0 Å². The number of rotatable bonds is 5. The van der Waals surface area contributed by atoms with E-state index in [9.17, 15) is 0 Å². The van der Waals surface area contributed by atoms with Crippen LogP contribution in [0.3, 0.4) is 0 Å². The summed E-state index contributed by atoms with van der Waals surface area (Å²) >= 11 is 0. The molecule has 6 nitrogen and oxygen atoms in total. The quantitative estimate of drug-likeness (QED) is 0.172. The van der Waals surface area contributed by atoms with Gasteiger partial charge in [0, 0.05) is 99.2 Å². The molecule has 22 rings (SSSR count). The van der Waals surface area contributed by atoms with Gasteiger partial charge in [0.05, 0.1) is 22.1 Å². The van der Waals surface area contributed by atoms with Crippen LogP contribution in [0.2, 0.25) is 0 Å². The summed E-state index contributed by atoms with van der Waals surface area (Å²) in [6, 6.07) is 94.4. The van der Waals surface area contributed by atoms with Crippen LogP contribution in [0.1, 0.15) is 25.0 Å². The molecule has 0 fully saturated rings. The zero-order valence-corrected chi connectivity index (χ0v) is 48.4. The number of anilines is 3. The van der Waals surface area contributed by atoms with Gasteiger partial charge in [0.25, 0.3) is 0 Å². The molecular weight excluding hydrogens is 1090 g/mol. The van der Waals surface area contributed by atoms with Gasteiger partial charge in [0.15, 0.2) is 0 Å². The SMILES string of the molecule is CC1(C)c2cccc3c2-c2c1ccc1ccc4c(c21)c1c-3cccc1n4-c1ccccc1.c1cc(N(c2ccc3c(c2)oc2ccccc23)c2ccc3oc4ccccc4c3c2)cc(-n2c3cccc4c3c3c5c(ccc6oc7cccc-4c7c65)ccc32)c1. The number of nitrogens with zero attached hydrogens (tertiary/aromatic N) is 3. The molecule has 0 aliphatic heterocycles. The van der Waals surface area contributed by atoms with Crippen LogP contribution in [0, 0.1) is 0 Å². The first-order chi connectivity index (χ1) is 43.9. The van der Waals surface area contributed by atoms with Gasteiger partial charge < -0.3 is 27.3 Å². The molecule has 3 aliphatic rings. The Morgan fingerprint density at radius 1 is 0.281 bits per heavy atom. The highest BCUT2D eigenvalue weighted by Crippen LogP contribution is 2.59. The van der Waals surface area contributed by atoms with Crippen molar-refractivity contribution in [2.75, 3.05) is 4.90 Å². The molecule has 6 heteroatoms. The average Bonchev–Trinajstić information content (AvgIpc) is 1.54. The molecule has 89 heavy (non-hydrogen) atoms. The second kappa shape index (κ2) is 16.9. The highest BCUT2D eigenvalue weighted by atomic mass is 16.3. The minimum absolute atomic E-state index is 0.00439. The lowest BCUT2D eigenvalue weighted by molar-refractivity contribution is 0.661. The van der Waals surface area contributed by atoms with E-state index in [-0.39, 0.29) is 5.41 Å². The van der Waals surface area contributed by atoms with Crippen molar-refractivity contribution in [1.82, 2.24) is 9.13 Å². The van der Waals surface area contributed by atoms with Gasteiger partial charge >= 0.3 is 0 Å². The summed E-state index contributed by atoms with van der Waals surface area (Å²) in [5.41, 5.74) is 26.5. The van der Waals surface area contributed by atoms with E-state index in [2.05, 4.69) is 264 Å². The first kappa shape index (κ1) is 47.6. The largest absolute Gasteiger partial charge is 0.456 e. The Hall–Kier alpha value is -11.6. The summed E-state index contributed by atoms with van der Waals surface area (Å²) in [4.78, 5) is 2.33. The van der Waals surface area contributed by atoms with Crippen LogP contribution >= 0.6 is 0 Å². The van der Waals surface area contributed by atoms with E-state index < -0.39 is 0 Å². The average molecular weight is 1140 g/mol. The number of para-hydroxylation sites is 3. The summed E-state index contributed by atoms with van der Waals surface area (Å²) < 4.78 is 24.1. The molecule has 0 radical (unpaired) electrons. The van der Waals surface area contributed by atoms with Gasteiger partial charge in [0.2, 0.25) is 0 Å². The van der Waals surface area contributed by atoms with Gasteiger partial charge in [-0.3, -0.25) is 0 Å². The maximum absolute atomic E-state index is 6.50. The van der Waals surface area contributed by atoms with Gasteiger partial charge in [-0.1, -0.05) is 159 Å². The van der Waals surface area contributed by atoms with E-state index in [1.807, 2.05) is 24.3 Å². The number of fused-ring (bicyclic) bond motifs is 8. The Kier molecular flexibility index (Phi) is 9.03. The molecule has 0 saturated heterocycles. The monoisotopic (exact) mass is 1140 g/mol. The zero-order valence-electron chi connectivity index (χ0n) is 48.4. The third-order valence-electron chi connectivity index (χ3n) is 20.2. The van der Waals surface area contributed by atoms with E-state index in [0.29, 0.717) is 0 Å². The smallest absolute Gasteiger partial charge is 0.137 e. The van der Waals surface area contributed by atoms with Gasteiger partial charge in [-0.05, 0) is 170 Å². The van der Waals surface area contributed by atoms with Gasteiger partial charge in [-0.25, -0.2) is 0 Å². The van der Waals surface area contributed by atoms with Crippen molar-refractivity contribution in [3.05, 3.63) is 272 Å². The molecule has 0 unspecified atom stereocenters. The standard InChI is InChI=1S/C52H28N2O3.C31H21N/c1-3-15-42-34(10-1)36-22-20-33(28-47(36)56-42)53(32-21-25-44-39(27-32)35-11-2-4-16-43(35)55-44)30-8-5-9-31(26-30)54-40-14-6-12-37-38-13-7-17-45-50(38)52-46(57-45)24-19-29-18-23-41(54)51(48(29)52)49(37)40;1-31(2)22-12-6-10-20-21-11-7-13-24-28(21)30-25(32(24)19-8-4-3-5-9-19)17-15-18-14-16-23(31)29(26(18)30)27(20)22/h1-28H;3-17H,1-2H3. The van der Waals surface area contributed by atoms with Crippen LogP contribution in [0.15, 0.2) is 274 Å². The highest BCUT2D eigenvalue weighted by molar-refractivity contribution is 6.38. The third kappa shape index (κ3) is 6.14. The Labute approximate surface area is 508 Å². The van der Waals surface area contributed by atoms with Crippen molar-refractivity contribution >= 4 is 148 Å². The van der Waals surface area contributed by atoms with Crippen LogP contribution in [0.4, 0.5) is 17.1 Å². The second-order valence-corrected chi connectivity index (χ2v) is 25.0. The number of furan rings is 3. The van der Waals surface area contributed by atoms with E-state index in [4.69, 9.17) is 13.3 Å². The Morgan fingerprint density at radius 2 is 0.775 bits per heavy atom. The zero-order chi connectivity index (χ0) is 58.1. The lowest BCUT2D eigenvalue weighted by Gasteiger charge is -2.26. The Balaban J connectivity index is 0.000000142. The van der Waals surface area contributed by atoms with E-state index >= 15 is 0 Å².